The van der Waals surface area contributed by atoms with Crippen LogP contribution in [-0.2, 0) is 35.2 Å². The Balaban J connectivity index is 1.75. The van der Waals surface area contributed by atoms with E-state index < -0.39 is 22.2 Å². The number of carbonyl (C=O) groups excluding carboxylic acids is 2. The Hall–Kier alpha value is -3.33. The fraction of sp³-hybridized carbons (Fsp3) is 0.273. The normalized spacial score (nSPS) is 13.8. The van der Waals surface area contributed by atoms with Gasteiger partial charge in [-0.2, -0.15) is 8.42 Å². The summed E-state index contributed by atoms with van der Waals surface area (Å²) in [5.41, 5.74) is 1.65. The number of nitrogens with zero attached hydrogens (tertiary/aromatic N) is 1. The lowest BCUT2D eigenvalue weighted by Crippen LogP contribution is -2.31. The van der Waals surface area contributed by atoms with E-state index in [0.29, 0.717) is 0 Å². The molecule has 0 spiro atoms. The van der Waals surface area contributed by atoms with Crippen molar-refractivity contribution in [3.8, 4) is 0 Å². The minimum atomic E-state index is -4.19. The first-order valence-corrected chi connectivity index (χ1v) is 11.1. The van der Waals surface area contributed by atoms with Crippen LogP contribution in [0.25, 0.3) is 0 Å². The van der Waals surface area contributed by atoms with Crippen LogP contribution in [0, 0.1) is 6.92 Å². The average molecular weight is 445 g/mol. The molecule has 1 aliphatic rings. The van der Waals surface area contributed by atoms with Gasteiger partial charge in [0.2, 0.25) is 0 Å². The quantitative estimate of drug-likeness (QED) is 0.477. The molecule has 0 fully saturated rings. The fourth-order valence-corrected chi connectivity index (χ4v) is 3.89. The molecule has 0 aromatic heterocycles. The van der Waals surface area contributed by atoms with E-state index in [0.717, 1.165) is 11.1 Å². The zero-order valence-corrected chi connectivity index (χ0v) is 18.1. The smallest absolute Gasteiger partial charge is 0.410 e. The summed E-state index contributed by atoms with van der Waals surface area (Å²) >= 11 is 0. The Kier molecular flexibility index (Phi) is 6.96. The molecular weight excluding hydrogens is 422 g/mol. The standard InChI is InChI=1S/C22H23NO7S/c1-3-28-21(24)19-13-23(22(25)29-15-17-7-5-4-6-8-17)14-20(19)30-31(26,27)18-11-9-16(2)10-12-18/h4-12H,3,13-15H2,1-2H3. The monoisotopic (exact) mass is 445 g/mol. The van der Waals surface area contributed by atoms with E-state index in [1.54, 1.807) is 19.1 Å². The zero-order valence-electron chi connectivity index (χ0n) is 17.2. The molecule has 0 unspecified atom stereocenters. The Bertz CT molecular complexity index is 1080. The van der Waals surface area contributed by atoms with Crippen molar-refractivity contribution >= 4 is 22.2 Å². The molecule has 2 aromatic rings. The first-order chi connectivity index (χ1) is 14.8. The first-order valence-electron chi connectivity index (χ1n) is 9.66. The third kappa shape index (κ3) is 5.64. The van der Waals surface area contributed by atoms with E-state index in [1.807, 2.05) is 37.3 Å². The fourth-order valence-electron chi connectivity index (χ4n) is 2.90. The summed E-state index contributed by atoms with van der Waals surface area (Å²) in [4.78, 5) is 26.0. The average Bonchev–Trinajstić information content (AvgIpc) is 3.16. The highest BCUT2D eigenvalue weighted by atomic mass is 32.2. The third-order valence-electron chi connectivity index (χ3n) is 4.53. The molecule has 3 rings (SSSR count). The Labute approximate surface area is 181 Å². The minimum absolute atomic E-state index is 0.0332. The summed E-state index contributed by atoms with van der Waals surface area (Å²) in [5, 5.41) is 0. The molecule has 31 heavy (non-hydrogen) atoms. The molecule has 0 bridgehead atoms. The summed E-state index contributed by atoms with van der Waals surface area (Å²) in [6.07, 6.45) is -0.697. The number of hydrogen-bond acceptors (Lipinski definition) is 7. The molecule has 164 valence electrons. The highest BCUT2D eigenvalue weighted by Gasteiger charge is 2.35. The summed E-state index contributed by atoms with van der Waals surface area (Å²) < 4.78 is 40.9. The van der Waals surface area contributed by atoms with Crippen LogP contribution < -0.4 is 0 Å². The first kappa shape index (κ1) is 22.4. The molecule has 1 amide bonds. The minimum Gasteiger partial charge on any atom is -0.462 e. The largest absolute Gasteiger partial charge is 0.462 e. The van der Waals surface area contributed by atoms with Crippen LogP contribution in [0.5, 0.6) is 0 Å². The zero-order chi connectivity index (χ0) is 22.4. The second-order valence-electron chi connectivity index (χ2n) is 6.87. The van der Waals surface area contributed by atoms with Crippen LogP contribution in [0.4, 0.5) is 4.79 Å². The highest BCUT2D eigenvalue weighted by molar-refractivity contribution is 7.86. The second-order valence-corrected chi connectivity index (χ2v) is 8.42. The number of hydrogen-bond donors (Lipinski definition) is 0. The van der Waals surface area contributed by atoms with Crippen molar-refractivity contribution in [2.45, 2.75) is 25.3 Å². The van der Waals surface area contributed by atoms with E-state index in [1.165, 1.54) is 17.0 Å². The van der Waals surface area contributed by atoms with Gasteiger partial charge in [-0.3, -0.25) is 4.90 Å². The summed E-state index contributed by atoms with van der Waals surface area (Å²) in [7, 11) is -4.19. The number of benzene rings is 2. The molecule has 0 radical (unpaired) electrons. The lowest BCUT2D eigenvalue weighted by Gasteiger charge is -2.16. The lowest BCUT2D eigenvalue weighted by molar-refractivity contribution is -0.138. The molecule has 0 N–H and O–H groups in total. The highest BCUT2D eigenvalue weighted by Crippen LogP contribution is 2.25. The number of amides is 1. The topological polar surface area (TPSA) is 99.2 Å². The summed E-state index contributed by atoms with van der Waals surface area (Å²) in [6, 6.07) is 15.2. The predicted molar refractivity (Wildman–Crippen MR) is 111 cm³/mol. The van der Waals surface area contributed by atoms with E-state index in [4.69, 9.17) is 13.7 Å². The van der Waals surface area contributed by atoms with E-state index >= 15 is 0 Å². The Morgan fingerprint density at radius 2 is 1.65 bits per heavy atom. The number of esters is 1. The molecule has 1 aliphatic heterocycles. The molecule has 1 heterocycles. The maximum Gasteiger partial charge on any atom is 0.410 e. The van der Waals surface area contributed by atoms with Crippen LogP contribution in [0.15, 0.2) is 70.8 Å². The van der Waals surface area contributed by atoms with Gasteiger partial charge in [-0.05, 0) is 31.5 Å². The summed E-state index contributed by atoms with van der Waals surface area (Å²) in [5.74, 6) is -0.898. The molecular formula is C22H23NO7S. The van der Waals surface area contributed by atoms with Crippen molar-refractivity contribution in [1.29, 1.82) is 0 Å². The van der Waals surface area contributed by atoms with Crippen molar-refractivity contribution in [1.82, 2.24) is 4.90 Å². The van der Waals surface area contributed by atoms with Gasteiger partial charge < -0.3 is 13.7 Å². The van der Waals surface area contributed by atoms with Gasteiger partial charge in [0.25, 0.3) is 0 Å². The van der Waals surface area contributed by atoms with Crippen LogP contribution in [0.3, 0.4) is 0 Å². The summed E-state index contributed by atoms with van der Waals surface area (Å²) in [6.45, 7) is 3.19. The number of ether oxygens (including phenoxy) is 2. The van der Waals surface area contributed by atoms with Crippen molar-refractivity contribution in [2.24, 2.45) is 0 Å². The number of aryl methyl sites for hydroxylation is 1. The van der Waals surface area contributed by atoms with Gasteiger partial charge in [0.05, 0.1) is 25.3 Å². The van der Waals surface area contributed by atoms with Gasteiger partial charge in [0.1, 0.15) is 11.5 Å². The number of rotatable bonds is 7. The van der Waals surface area contributed by atoms with Crippen LogP contribution in [0.2, 0.25) is 0 Å². The SMILES string of the molecule is CCOC(=O)C1=C(OS(=O)(=O)c2ccc(C)cc2)CN(C(=O)OCc2ccccc2)C1. The lowest BCUT2D eigenvalue weighted by atomic mass is 10.2. The second kappa shape index (κ2) is 9.65. The molecule has 0 aliphatic carbocycles. The number of carbonyl (C=O) groups is 2. The molecule has 2 aromatic carbocycles. The molecule has 9 heteroatoms. The van der Waals surface area contributed by atoms with E-state index in [-0.39, 0.29) is 42.5 Å². The Morgan fingerprint density at radius 3 is 2.29 bits per heavy atom. The maximum absolute atomic E-state index is 12.7. The van der Waals surface area contributed by atoms with Gasteiger partial charge in [-0.15, -0.1) is 0 Å². The molecule has 0 saturated carbocycles. The van der Waals surface area contributed by atoms with Gasteiger partial charge in [0.15, 0.2) is 5.76 Å². The maximum atomic E-state index is 12.7. The van der Waals surface area contributed by atoms with Crippen molar-refractivity contribution in [3.63, 3.8) is 0 Å². The third-order valence-corrected chi connectivity index (χ3v) is 5.80. The van der Waals surface area contributed by atoms with Gasteiger partial charge in [-0.25, -0.2) is 9.59 Å². The van der Waals surface area contributed by atoms with Crippen molar-refractivity contribution < 1.29 is 31.7 Å². The van der Waals surface area contributed by atoms with Gasteiger partial charge in [0, 0.05) is 0 Å². The molecule has 0 saturated heterocycles. The van der Waals surface area contributed by atoms with Gasteiger partial charge in [-0.1, -0.05) is 48.0 Å². The van der Waals surface area contributed by atoms with Crippen LogP contribution in [-0.4, -0.2) is 45.1 Å². The van der Waals surface area contributed by atoms with Gasteiger partial charge >= 0.3 is 22.2 Å². The molecule has 0 atom stereocenters. The van der Waals surface area contributed by atoms with E-state index in [9.17, 15) is 18.0 Å². The predicted octanol–water partition coefficient (Wildman–Crippen LogP) is 3.17. The molecule has 8 nitrogen and oxygen atoms in total. The van der Waals surface area contributed by atoms with Crippen molar-refractivity contribution in [2.75, 3.05) is 19.7 Å². The van der Waals surface area contributed by atoms with Crippen LogP contribution in [0.1, 0.15) is 18.1 Å². The Morgan fingerprint density at radius 1 is 0.968 bits per heavy atom. The van der Waals surface area contributed by atoms with E-state index in [2.05, 4.69) is 0 Å². The van der Waals surface area contributed by atoms with Crippen molar-refractivity contribution in [3.05, 3.63) is 77.1 Å². The van der Waals surface area contributed by atoms with Crippen LogP contribution >= 0.6 is 0 Å².